The lowest BCUT2D eigenvalue weighted by molar-refractivity contribution is -0.138. The Morgan fingerprint density at radius 2 is 1.72 bits per heavy atom. The fourth-order valence-corrected chi connectivity index (χ4v) is 2.19. The Labute approximate surface area is 107 Å². The molecule has 1 rings (SSSR count). The number of rotatable bonds is 2. The maximum absolute atomic E-state index is 12.8. The summed E-state index contributed by atoms with van der Waals surface area (Å²) in [5.74, 6) is -0.0900. The third-order valence-electron chi connectivity index (χ3n) is 3.30. The average Bonchev–Trinajstić information content (AvgIpc) is 2.14. The molecule has 0 spiro atoms. The van der Waals surface area contributed by atoms with Gasteiger partial charge in [0, 0.05) is 0 Å². The Kier molecular flexibility index (Phi) is 3.86. The molecule has 5 heteroatoms. The number of alkyl halides is 3. The molecule has 0 saturated heterocycles. The summed E-state index contributed by atoms with van der Waals surface area (Å²) in [6, 6.07) is 6.16. The van der Waals surface area contributed by atoms with E-state index in [9.17, 15) is 13.2 Å². The topological polar surface area (TPSA) is 9.23 Å². The maximum Gasteiger partial charge on any atom is 0.419 e. The van der Waals surface area contributed by atoms with Gasteiger partial charge in [-0.2, -0.15) is 13.2 Å². The molecule has 101 valence electrons. The second-order valence-electron chi connectivity index (χ2n) is 5.78. The number of hydrogen-bond acceptors (Lipinski definition) is 1. The molecule has 0 atom stereocenters. The molecule has 0 heterocycles. The molecule has 1 radical (unpaired) electrons. The Bertz CT molecular complexity index is 419. The molecule has 0 fully saturated rings. The van der Waals surface area contributed by atoms with Crippen LogP contribution in [0.25, 0.3) is 0 Å². The summed E-state index contributed by atoms with van der Waals surface area (Å²) in [7, 11) is -2.27. The normalized spacial score (nSPS) is 13.6. The predicted molar refractivity (Wildman–Crippen MR) is 68.1 cm³/mol. The van der Waals surface area contributed by atoms with E-state index in [-0.39, 0.29) is 10.8 Å². The zero-order chi connectivity index (χ0) is 14.2. The van der Waals surface area contributed by atoms with Crippen LogP contribution in [-0.2, 0) is 6.18 Å². The molecular formula is C13H18F3OSi. The van der Waals surface area contributed by atoms with Crippen molar-refractivity contribution in [3.8, 4) is 5.75 Å². The molecule has 0 aliphatic carbocycles. The Morgan fingerprint density at radius 1 is 1.17 bits per heavy atom. The molecule has 18 heavy (non-hydrogen) atoms. The SMILES string of the molecule is CC(C)(C)[Si](C)(C)Oc1cc[c]cc1C(F)(F)F. The minimum atomic E-state index is -4.41. The molecule has 1 nitrogen and oxygen atoms in total. The van der Waals surface area contributed by atoms with E-state index in [4.69, 9.17) is 4.43 Å². The maximum atomic E-state index is 12.8. The lowest BCUT2D eigenvalue weighted by atomic mass is 10.2. The van der Waals surface area contributed by atoms with E-state index in [1.807, 2.05) is 33.9 Å². The first-order valence-electron chi connectivity index (χ1n) is 5.71. The van der Waals surface area contributed by atoms with Gasteiger partial charge < -0.3 is 4.43 Å². The fourth-order valence-electron chi connectivity index (χ4n) is 1.15. The lowest BCUT2D eigenvalue weighted by Gasteiger charge is -2.37. The molecule has 0 amide bonds. The zero-order valence-electron chi connectivity index (χ0n) is 11.3. The van der Waals surface area contributed by atoms with Gasteiger partial charge in [-0.3, -0.25) is 0 Å². The monoisotopic (exact) mass is 275 g/mol. The molecule has 0 saturated carbocycles. The van der Waals surface area contributed by atoms with Crippen molar-refractivity contribution >= 4 is 8.32 Å². The Hall–Kier alpha value is -0.973. The third-order valence-corrected chi connectivity index (χ3v) is 7.64. The van der Waals surface area contributed by atoms with Gasteiger partial charge in [0.2, 0.25) is 8.32 Å². The Morgan fingerprint density at radius 3 is 2.17 bits per heavy atom. The summed E-state index contributed by atoms with van der Waals surface area (Å²) in [5.41, 5.74) is -0.755. The van der Waals surface area contributed by atoms with Crippen LogP contribution >= 0.6 is 0 Å². The van der Waals surface area contributed by atoms with E-state index in [1.165, 1.54) is 12.1 Å². The van der Waals surface area contributed by atoms with Crippen LogP contribution in [0.3, 0.4) is 0 Å². The summed E-state index contributed by atoms with van der Waals surface area (Å²) < 4.78 is 44.2. The van der Waals surface area contributed by atoms with Gasteiger partial charge in [-0.05, 0) is 36.3 Å². The predicted octanol–water partition coefficient (Wildman–Crippen LogP) is 4.89. The smallest absolute Gasteiger partial charge is 0.419 e. The van der Waals surface area contributed by atoms with E-state index in [2.05, 4.69) is 6.07 Å². The van der Waals surface area contributed by atoms with E-state index in [0.717, 1.165) is 6.07 Å². The molecule has 0 aromatic heterocycles. The van der Waals surface area contributed by atoms with Crippen LogP contribution in [-0.4, -0.2) is 8.32 Å². The van der Waals surface area contributed by atoms with E-state index in [1.54, 1.807) is 0 Å². The highest BCUT2D eigenvalue weighted by Crippen LogP contribution is 2.41. The average molecular weight is 275 g/mol. The van der Waals surface area contributed by atoms with Gasteiger partial charge in [-0.25, -0.2) is 0 Å². The summed E-state index contributed by atoms with van der Waals surface area (Å²) in [6.45, 7) is 9.80. The molecule has 0 unspecified atom stereocenters. The van der Waals surface area contributed by atoms with Crippen molar-refractivity contribution in [2.75, 3.05) is 0 Å². The van der Waals surface area contributed by atoms with Gasteiger partial charge in [-0.1, -0.05) is 26.8 Å². The van der Waals surface area contributed by atoms with Crippen molar-refractivity contribution in [1.29, 1.82) is 0 Å². The van der Waals surface area contributed by atoms with Crippen molar-refractivity contribution in [2.45, 2.75) is 45.1 Å². The van der Waals surface area contributed by atoms with Crippen molar-refractivity contribution in [2.24, 2.45) is 0 Å². The van der Waals surface area contributed by atoms with Gasteiger partial charge >= 0.3 is 6.18 Å². The first-order valence-corrected chi connectivity index (χ1v) is 8.62. The van der Waals surface area contributed by atoms with E-state index < -0.39 is 20.1 Å². The quantitative estimate of drug-likeness (QED) is 0.698. The van der Waals surface area contributed by atoms with Gasteiger partial charge in [0.25, 0.3) is 0 Å². The highest BCUT2D eigenvalue weighted by molar-refractivity contribution is 6.74. The van der Waals surface area contributed by atoms with Crippen LogP contribution in [0, 0.1) is 6.07 Å². The molecule has 1 aromatic carbocycles. The standard InChI is InChI=1S/C13H18F3OSi/c1-12(2,3)18(4,5)17-11-9-7-6-8-10(11)13(14,15)16/h7-9H,1-5H3. The highest BCUT2D eigenvalue weighted by atomic mass is 28.4. The molecule has 1 aromatic rings. The van der Waals surface area contributed by atoms with Crippen LogP contribution in [0.4, 0.5) is 13.2 Å². The second kappa shape index (κ2) is 4.61. The van der Waals surface area contributed by atoms with Crippen molar-refractivity contribution in [1.82, 2.24) is 0 Å². The number of hydrogen-bond donors (Lipinski definition) is 0. The first-order chi connectivity index (χ1) is 7.95. The molecule has 0 aliphatic rings. The summed E-state index contributed by atoms with van der Waals surface area (Å²) in [5, 5.41) is -0.143. The zero-order valence-corrected chi connectivity index (χ0v) is 12.3. The second-order valence-corrected chi connectivity index (χ2v) is 10.5. The number of benzene rings is 1. The van der Waals surface area contributed by atoms with Crippen LogP contribution < -0.4 is 4.43 Å². The molecule has 0 aliphatic heterocycles. The number of halogens is 3. The van der Waals surface area contributed by atoms with Crippen LogP contribution in [0.2, 0.25) is 18.1 Å². The highest BCUT2D eigenvalue weighted by Gasteiger charge is 2.41. The minimum Gasteiger partial charge on any atom is -0.543 e. The Balaban J connectivity index is 3.14. The fraction of sp³-hybridized carbons (Fsp3) is 0.538. The van der Waals surface area contributed by atoms with Gasteiger partial charge in [0.1, 0.15) is 5.75 Å². The van der Waals surface area contributed by atoms with Gasteiger partial charge in [-0.15, -0.1) is 0 Å². The molecule has 0 bridgehead atoms. The summed E-state index contributed by atoms with van der Waals surface area (Å²) >= 11 is 0. The molecule has 0 N–H and O–H groups in total. The van der Waals surface area contributed by atoms with Gasteiger partial charge in [0.05, 0.1) is 5.56 Å². The van der Waals surface area contributed by atoms with Crippen molar-refractivity contribution in [3.63, 3.8) is 0 Å². The first kappa shape index (κ1) is 15.1. The van der Waals surface area contributed by atoms with Crippen LogP contribution in [0.5, 0.6) is 5.75 Å². The largest absolute Gasteiger partial charge is 0.543 e. The van der Waals surface area contributed by atoms with Crippen molar-refractivity contribution < 1.29 is 17.6 Å². The lowest BCUT2D eigenvalue weighted by Crippen LogP contribution is -2.44. The summed E-state index contributed by atoms with van der Waals surface area (Å²) in [6.07, 6.45) is -4.41. The van der Waals surface area contributed by atoms with Crippen LogP contribution in [0.15, 0.2) is 18.2 Å². The van der Waals surface area contributed by atoms with Gasteiger partial charge in [0.15, 0.2) is 0 Å². The third kappa shape index (κ3) is 3.28. The molecular weight excluding hydrogens is 257 g/mol. The van der Waals surface area contributed by atoms with E-state index in [0.29, 0.717) is 0 Å². The minimum absolute atomic E-state index is 0.0900. The summed E-state index contributed by atoms with van der Waals surface area (Å²) in [4.78, 5) is 0. The van der Waals surface area contributed by atoms with E-state index >= 15 is 0 Å². The van der Waals surface area contributed by atoms with Crippen LogP contribution in [0.1, 0.15) is 26.3 Å². The van der Waals surface area contributed by atoms with Crippen molar-refractivity contribution in [3.05, 3.63) is 29.8 Å².